The Kier molecular flexibility index (Phi) is 6.49. The van der Waals surface area contributed by atoms with Gasteiger partial charge in [0.2, 0.25) is 11.8 Å². The SMILES string of the molecule is CC(NCCC(=O)NC(C)(C)C)C(=O)NC(C)(C)C. The molecule has 0 radical (unpaired) electrons. The Hall–Kier alpha value is -1.10. The van der Waals surface area contributed by atoms with Crippen LogP contribution < -0.4 is 16.0 Å². The molecule has 1 unspecified atom stereocenters. The number of nitrogens with one attached hydrogen (secondary N) is 3. The van der Waals surface area contributed by atoms with Crippen LogP contribution >= 0.6 is 0 Å². The molecule has 0 aromatic rings. The van der Waals surface area contributed by atoms with Gasteiger partial charge in [-0.15, -0.1) is 0 Å². The highest BCUT2D eigenvalue weighted by Gasteiger charge is 2.19. The molecule has 0 heterocycles. The first-order chi connectivity index (χ1) is 8.41. The molecule has 0 aliphatic carbocycles. The van der Waals surface area contributed by atoms with E-state index in [9.17, 15) is 9.59 Å². The highest BCUT2D eigenvalue weighted by Crippen LogP contribution is 2.00. The van der Waals surface area contributed by atoms with E-state index in [-0.39, 0.29) is 28.9 Å². The van der Waals surface area contributed by atoms with E-state index in [0.717, 1.165) is 0 Å². The van der Waals surface area contributed by atoms with E-state index in [4.69, 9.17) is 0 Å². The van der Waals surface area contributed by atoms with Gasteiger partial charge in [0.15, 0.2) is 0 Å². The van der Waals surface area contributed by atoms with Crippen LogP contribution in [0.1, 0.15) is 54.9 Å². The van der Waals surface area contributed by atoms with Gasteiger partial charge in [-0.2, -0.15) is 0 Å². The number of carbonyl (C=O) groups is 2. The second-order valence-corrected chi connectivity index (χ2v) is 6.96. The molecule has 0 saturated carbocycles. The third-order valence-electron chi connectivity index (χ3n) is 2.21. The first-order valence-electron chi connectivity index (χ1n) is 6.77. The molecular weight excluding hydrogens is 242 g/mol. The predicted molar refractivity (Wildman–Crippen MR) is 77.9 cm³/mol. The number of rotatable bonds is 5. The Balaban J connectivity index is 3.95. The molecule has 0 bridgehead atoms. The normalized spacial score (nSPS) is 13.8. The molecule has 0 aromatic carbocycles. The topological polar surface area (TPSA) is 70.2 Å². The summed E-state index contributed by atoms with van der Waals surface area (Å²) in [4.78, 5) is 23.4. The second-order valence-electron chi connectivity index (χ2n) is 6.96. The van der Waals surface area contributed by atoms with E-state index in [0.29, 0.717) is 13.0 Å². The quantitative estimate of drug-likeness (QED) is 0.703. The van der Waals surface area contributed by atoms with Crippen LogP contribution in [0.5, 0.6) is 0 Å². The van der Waals surface area contributed by atoms with Gasteiger partial charge in [-0.3, -0.25) is 9.59 Å². The summed E-state index contributed by atoms with van der Waals surface area (Å²) in [7, 11) is 0. The van der Waals surface area contributed by atoms with E-state index in [1.165, 1.54) is 0 Å². The van der Waals surface area contributed by atoms with Gasteiger partial charge in [-0.05, 0) is 48.5 Å². The van der Waals surface area contributed by atoms with Crippen LogP contribution in [0.15, 0.2) is 0 Å². The minimum absolute atomic E-state index is 0.0107. The van der Waals surface area contributed by atoms with Gasteiger partial charge in [0.1, 0.15) is 0 Å². The van der Waals surface area contributed by atoms with Crippen molar-refractivity contribution in [2.24, 2.45) is 0 Å². The van der Waals surface area contributed by atoms with E-state index >= 15 is 0 Å². The van der Waals surface area contributed by atoms with Crippen molar-refractivity contribution in [2.75, 3.05) is 6.54 Å². The standard InChI is InChI=1S/C14H29N3O2/c1-10(12(19)17-14(5,6)7)15-9-8-11(18)16-13(2,3)4/h10,15H,8-9H2,1-7H3,(H,16,18)(H,17,19). The van der Waals surface area contributed by atoms with Crippen molar-refractivity contribution in [3.8, 4) is 0 Å². The maximum atomic E-state index is 11.8. The molecular formula is C14H29N3O2. The Morgan fingerprint density at radius 2 is 1.42 bits per heavy atom. The summed E-state index contributed by atoms with van der Waals surface area (Å²) < 4.78 is 0. The second kappa shape index (κ2) is 6.89. The fraction of sp³-hybridized carbons (Fsp3) is 0.857. The molecule has 0 aliphatic rings. The summed E-state index contributed by atoms with van der Waals surface area (Å²) in [5.74, 6) is -0.0628. The zero-order chi connectivity index (χ0) is 15.3. The number of carbonyl (C=O) groups excluding carboxylic acids is 2. The zero-order valence-corrected chi connectivity index (χ0v) is 13.3. The lowest BCUT2D eigenvalue weighted by Gasteiger charge is -2.24. The number of hydrogen-bond acceptors (Lipinski definition) is 3. The molecule has 2 amide bonds. The van der Waals surface area contributed by atoms with Crippen LogP contribution in [0.25, 0.3) is 0 Å². The fourth-order valence-corrected chi connectivity index (χ4v) is 1.45. The summed E-state index contributed by atoms with van der Waals surface area (Å²) in [5.41, 5.74) is -0.455. The Labute approximate surface area is 116 Å². The maximum absolute atomic E-state index is 11.8. The molecule has 0 aliphatic heterocycles. The third kappa shape index (κ3) is 10.5. The van der Waals surface area contributed by atoms with Crippen molar-refractivity contribution in [3.63, 3.8) is 0 Å². The van der Waals surface area contributed by atoms with Crippen molar-refractivity contribution in [1.29, 1.82) is 0 Å². The lowest BCUT2D eigenvalue weighted by Crippen LogP contribution is -2.50. The fourth-order valence-electron chi connectivity index (χ4n) is 1.45. The van der Waals surface area contributed by atoms with Crippen LogP contribution in [-0.4, -0.2) is 35.5 Å². The molecule has 19 heavy (non-hydrogen) atoms. The summed E-state index contributed by atoms with van der Waals surface area (Å²) in [5, 5.41) is 8.82. The summed E-state index contributed by atoms with van der Waals surface area (Å²) in [6.45, 7) is 13.9. The van der Waals surface area contributed by atoms with Gasteiger partial charge in [0.05, 0.1) is 6.04 Å². The average Bonchev–Trinajstić information content (AvgIpc) is 2.11. The molecule has 5 heteroatoms. The van der Waals surface area contributed by atoms with Gasteiger partial charge in [0, 0.05) is 24.0 Å². The number of amides is 2. The largest absolute Gasteiger partial charge is 0.351 e. The molecule has 0 fully saturated rings. The summed E-state index contributed by atoms with van der Waals surface area (Å²) in [6, 6.07) is -0.304. The van der Waals surface area contributed by atoms with Gasteiger partial charge >= 0.3 is 0 Å². The molecule has 0 rings (SSSR count). The van der Waals surface area contributed by atoms with Gasteiger partial charge < -0.3 is 16.0 Å². The molecule has 3 N–H and O–H groups in total. The first-order valence-corrected chi connectivity index (χ1v) is 6.77. The van der Waals surface area contributed by atoms with Crippen LogP contribution in [0, 0.1) is 0 Å². The number of hydrogen-bond donors (Lipinski definition) is 3. The maximum Gasteiger partial charge on any atom is 0.237 e. The van der Waals surface area contributed by atoms with E-state index < -0.39 is 0 Å². The van der Waals surface area contributed by atoms with Crippen LogP contribution in [-0.2, 0) is 9.59 Å². The average molecular weight is 271 g/mol. The Morgan fingerprint density at radius 1 is 0.947 bits per heavy atom. The van der Waals surface area contributed by atoms with E-state index in [2.05, 4.69) is 16.0 Å². The lowest BCUT2D eigenvalue weighted by molar-refractivity contribution is -0.125. The van der Waals surface area contributed by atoms with Gasteiger partial charge in [-0.25, -0.2) is 0 Å². The minimum Gasteiger partial charge on any atom is -0.351 e. The first kappa shape index (κ1) is 17.9. The molecule has 1 atom stereocenters. The van der Waals surface area contributed by atoms with Gasteiger partial charge in [0.25, 0.3) is 0 Å². The van der Waals surface area contributed by atoms with Crippen molar-refractivity contribution >= 4 is 11.8 Å². The molecule has 0 aromatic heterocycles. The summed E-state index contributed by atoms with van der Waals surface area (Å²) >= 11 is 0. The highest BCUT2D eigenvalue weighted by molar-refractivity contribution is 5.82. The van der Waals surface area contributed by atoms with E-state index in [1.807, 2.05) is 41.5 Å². The monoisotopic (exact) mass is 271 g/mol. The summed E-state index contributed by atoms with van der Waals surface area (Å²) in [6.07, 6.45) is 0.365. The molecule has 0 saturated heterocycles. The van der Waals surface area contributed by atoms with Crippen LogP contribution in [0.4, 0.5) is 0 Å². The molecule has 0 spiro atoms. The van der Waals surface area contributed by atoms with Gasteiger partial charge in [-0.1, -0.05) is 0 Å². The third-order valence-corrected chi connectivity index (χ3v) is 2.21. The molecule has 112 valence electrons. The van der Waals surface area contributed by atoms with Crippen LogP contribution in [0.2, 0.25) is 0 Å². The molecule has 5 nitrogen and oxygen atoms in total. The lowest BCUT2D eigenvalue weighted by atomic mass is 10.1. The van der Waals surface area contributed by atoms with Crippen molar-refractivity contribution in [3.05, 3.63) is 0 Å². The minimum atomic E-state index is -0.304. The smallest absolute Gasteiger partial charge is 0.237 e. The van der Waals surface area contributed by atoms with Crippen molar-refractivity contribution < 1.29 is 9.59 Å². The van der Waals surface area contributed by atoms with Crippen molar-refractivity contribution in [2.45, 2.75) is 72.0 Å². The highest BCUT2D eigenvalue weighted by atomic mass is 16.2. The Bertz CT molecular complexity index is 314. The van der Waals surface area contributed by atoms with E-state index in [1.54, 1.807) is 6.92 Å². The Morgan fingerprint density at radius 3 is 1.84 bits per heavy atom. The zero-order valence-electron chi connectivity index (χ0n) is 13.3. The van der Waals surface area contributed by atoms with Crippen molar-refractivity contribution in [1.82, 2.24) is 16.0 Å². The predicted octanol–water partition coefficient (Wildman–Crippen LogP) is 1.18. The van der Waals surface area contributed by atoms with Crippen LogP contribution in [0.3, 0.4) is 0 Å².